The summed E-state index contributed by atoms with van der Waals surface area (Å²) in [4.78, 5) is 22.4. The Labute approximate surface area is 119 Å². The monoisotopic (exact) mass is 293 g/mol. The molecule has 1 aromatic heterocycles. The fourth-order valence-corrected chi connectivity index (χ4v) is 1.88. The first kappa shape index (κ1) is 14.1. The van der Waals surface area contributed by atoms with Crippen molar-refractivity contribution in [2.24, 2.45) is 0 Å². The summed E-state index contributed by atoms with van der Waals surface area (Å²) in [5.41, 5.74) is 0.809. The molecule has 1 amide bonds. The maximum absolute atomic E-state index is 11.7. The zero-order valence-electron chi connectivity index (χ0n) is 10.4. The number of carboxylic acid groups (broad SMARTS) is 1. The Bertz CT molecular complexity index is 639. The van der Waals surface area contributed by atoms with Gasteiger partial charge < -0.3 is 10.4 Å². The van der Waals surface area contributed by atoms with Crippen molar-refractivity contribution < 1.29 is 14.7 Å². The van der Waals surface area contributed by atoms with Gasteiger partial charge in [-0.05, 0) is 18.1 Å². The van der Waals surface area contributed by atoms with Gasteiger partial charge in [-0.3, -0.25) is 9.89 Å². The maximum atomic E-state index is 11.7. The average Bonchev–Trinajstić information content (AvgIpc) is 2.86. The van der Waals surface area contributed by atoms with Crippen molar-refractivity contribution in [2.45, 2.75) is 12.8 Å². The lowest BCUT2D eigenvalue weighted by molar-refractivity contribution is -0.116. The number of anilines is 1. The molecule has 0 saturated carbocycles. The van der Waals surface area contributed by atoms with E-state index in [4.69, 9.17) is 16.7 Å². The molecule has 0 aliphatic heterocycles. The van der Waals surface area contributed by atoms with Crippen LogP contribution in [0.5, 0.6) is 0 Å². The minimum atomic E-state index is -1.13. The molecule has 0 aliphatic rings. The van der Waals surface area contributed by atoms with Gasteiger partial charge in [0.25, 0.3) is 0 Å². The number of halogens is 1. The summed E-state index contributed by atoms with van der Waals surface area (Å²) in [6, 6.07) is 8.55. The summed E-state index contributed by atoms with van der Waals surface area (Å²) in [5.74, 6) is -1.20. The van der Waals surface area contributed by atoms with E-state index in [2.05, 4.69) is 15.5 Å². The number of H-pyrrole nitrogens is 1. The molecule has 0 saturated heterocycles. The Hall–Kier alpha value is -2.34. The molecule has 0 fully saturated rings. The van der Waals surface area contributed by atoms with Crippen LogP contribution in [-0.4, -0.2) is 27.2 Å². The molecule has 0 bridgehead atoms. The van der Waals surface area contributed by atoms with E-state index in [1.165, 1.54) is 6.07 Å². The van der Waals surface area contributed by atoms with Gasteiger partial charge in [0.15, 0.2) is 5.82 Å². The van der Waals surface area contributed by atoms with Crippen molar-refractivity contribution in [2.75, 3.05) is 5.32 Å². The van der Waals surface area contributed by atoms with E-state index in [-0.39, 0.29) is 23.8 Å². The summed E-state index contributed by atoms with van der Waals surface area (Å²) >= 11 is 5.99. The van der Waals surface area contributed by atoms with Crippen LogP contribution in [0.2, 0.25) is 5.02 Å². The van der Waals surface area contributed by atoms with Crippen LogP contribution in [0.4, 0.5) is 5.82 Å². The highest BCUT2D eigenvalue weighted by Gasteiger charge is 2.10. The third-order valence-electron chi connectivity index (χ3n) is 2.65. The predicted octanol–water partition coefficient (Wildman–Crippen LogP) is 2.33. The van der Waals surface area contributed by atoms with Crippen LogP contribution >= 0.6 is 11.6 Å². The Morgan fingerprint density at radius 3 is 2.75 bits per heavy atom. The molecular formula is C13H12ClN3O3. The topological polar surface area (TPSA) is 95.1 Å². The second kappa shape index (κ2) is 6.21. The zero-order chi connectivity index (χ0) is 14.5. The number of aromatic nitrogens is 2. The lowest BCUT2D eigenvalue weighted by Crippen LogP contribution is -2.12. The lowest BCUT2D eigenvalue weighted by Gasteiger charge is -2.04. The number of aromatic amines is 1. The Balaban J connectivity index is 1.89. The minimum absolute atomic E-state index is 0.0774. The van der Waals surface area contributed by atoms with Gasteiger partial charge in [0.2, 0.25) is 5.91 Å². The van der Waals surface area contributed by atoms with E-state index >= 15 is 0 Å². The Morgan fingerprint density at radius 1 is 1.35 bits per heavy atom. The first-order valence-corrected chi connectivity index (χ1v) is 6.26. The highest BCUT2D eigenvalue weighted by Crippen LogP contribution is 2.16. The molecule has 6 nitrogen and oxygen atoms in total. The average molecular weight is 294 g/mol. The molecule has 1 heterocycles. The molecule has 2 rings (SSSR count). The second-order valence-corrected chi connectivity index (χ2v) is 4.52. The van der Waals surface area contributed by atoms with Crippen molar-refractivity contribution in [3.8, 4) is 0 Å². The SMILES string of the molecule is O=C(CCc1ccccc1Cl)Nc1cc(C(=O)O)[nH]n1. The fraction of sp³-hybridized carbons (Fsp3) is 0.154. The van der Waals surface area contributed by atoms with E-state index in [1.807, 2.05) is 18.2 Å². The van der Waals surface area contributed by atoms with Crippen molar-refractivity contribution in [1.29, 1.82) is 0 Å². The summed E-state index contributed by atoms with van der Waals surface area (Å²) in [7, 11) is 0. The largest absolute Gasteiger partial charge is 0.477 e. The zero-order valence-corrected chi connectivity index (χ0v) is 11.1. The molecule has 1 aromatic carbocycles. The van der Waals surface area contributed by atoms with Gasteiger partial charge in [-0.1, -0.05) is 29.8 Å². The normalized spacial score (nSPS) is 10.2. The van der Waals surface area contributed by atoms with Crippen molar-refractivity contribution in [1.82, 2.24) is 10.2 Å². The second-order valence-electron chi connectivity index (χ2n) is 4.11. The minimum Gasteiger partial charge on any atom is -0.477 e. The number of aryl methyl sites for hydroxylation is 1. The number of rotatable bonds is 5. The first-order chi connectivity index (χ1) is 9.56. The quantitative estimate of drug-likeness (QED) is 0.788. The molecule has 3 N–H and O–H groups in total. The van der Waals surface area contributed by atoms with Gasteiger partial charge in [-0.2, -0.15) is 5.10 Å². The third kappa shape index (κ3) is 3.58. The van der Waals surface area contributed by atoms with Gasteiger partial charge in [-0.25, -0.2) is 4.79 Å². The molecule has 104 valence electrons. The van der Waals surface area contributed by atoms with Gasteiger partial charge in [0.05, 0.1) is 0 Å². The number of carbonyl (C=O) groups is 2. The summed E-state index contributed by atoms with van der Waals surface area (Å²) in [5, 5.41) is 17.8. The van der Waals surface area contributed by atoms with Crippen LogP contribution in [0.3, 0.4) is 0 Å². The third-order valence-corrected chi connectivity index (χ3v) is 3.02. The van der Waals surface area contributed by atoms with Crippen molar-refractivity contribution >= 4 is 29.3 Å². The van der Waals surface area contributed by atoms with E-state index in [0.717, 1.165) is 5.56 Å². The highest BCUT2D eigenvalue weighted by atomic mass is 35.5. The highest BCUT2D eigenvalue weighted by molar-refractivity contribution is 6.31. The number of carboxylic acids is 1. The molecule has 0 radical (unpaired) electrons. The van der Waals surface area contributed by atoms with Crippen LogP contribution < -0.4 is 5.32 Å². The Morgan fingerprint density at radius 2 is 2.10 bits per heavy atom. The molecule has 0 atom stereocenters. The maximum Gasteiger partial charge on any atom is 0.353 e. The smallest absolute Gasteiger partial charge is 0.353 e. The lowest BCUT2D eigenvalue weighted by atomic mass is 10.1. The number of benzene rings is 1. The van der Waals surface area contributed by atoms with E-state index in [0.29, 0.717) is 11.4 Å². The van der Waals surface area contributed by atoms with Gasteiger partial charge in [-0.15, -0.1) is 0 Å². The van der Waals surface area contributed by atoms with E-state index in [9.17, 15) is 9.59 Å². The van der Waals surface area contributed by atoms with E-state index in [1.54, 1.807) is 6.07 Å². The standard InChI is InChI=1S/C13H12ClN3O3/c14-9-4-2-1-3-8(9)5-6-12(18)15-11-7-10(13(19)20)16-17-11/h1-4,7H,5-6H2,(H,19,20)(H2,15,16,17,18). The molecule has 20 heavy (non-hydrogen) atoms. The van der Waals surface area contributed by atoms with Crippen molar-refractivity contribution in [3.63, 3.8) is 0 Å². The Kier molecular flexibility index (Phi) is 4.37. The summed E-state index contributed by atoms with van der Waals surface area (Å²) in [6.45, 7) is 0. The number of nitrogens with one attached hydrogen (secondary N) is 2. The number of carbonyl (C=O) groups excluding carboxylic acids is 1. The number of hydrogen-bond donors (Lipinski definition) is 3. The van der Waals surface area contributed by atoms with Crippen LogP contribution in [0.1, 0.15) is 22.5 Å². The molecule has 2 aromatic rings. The molecule has 0 aliphatic carbocycles. The number of amides is 1. The van der Waals surface area contributed by atoms with Gasteiger partial charge in [0.1, 0.15) is 5.69 Å². The molecular weight excluding hydrogens is 282 g/mol. The summed E-state index contributed by atoms with van der Waals surface area (Å²) < 4.78 is 0. The number of nitrogens with zero attached hydrogens (tertiary/aromatic N) is 1. The van der Waals surface area contributed by atoms with Crippen LogP contribution in [0, 0.1) is 0 Å². The molecule has 7 heteroatoms. The number of aromatic carboxylic acids is 1. The molecule has 0 unspecified atom stereocenters. The fourth-order valence-electron chi connectivity index (χ4n) is 1.65. The van der Waals surface area contributed by atoms with Gasteiger partial charge >= 0.3 is 5.97 Å². The van der Waals surface area contributed by atoms with Crippen LogP contribution in [-0.2, 0) is 11.2 Å². The van der Waals surface area contributed by atoms with Gasteiger partial charge in [0, 0.05) is 17.5 Å². The van der Waals surface area contributed by atoms with Crippen LogP contribution in [0.25, 0.3) is 0 Å². The summed E-state index contributed by atoms with van der Waals surface area (Å²) in [6.07, 6.45) is 0.737. The molecule has 0 spiro atoms. The van der Waals surface area contributed by atoms with Crippen LogP contribution in [0.15, 0.2) is 30.3 Å². The predicted molar refractivity (Wildman–Crippen MR) is 73.9 cm³/mol. The van der Waals surface area contributed by atoms with E-state index < -0.39 is 5.97 Å². The first-order valence-electron chi connectivity index (χ1n) is 5.88. The van der Waals surface area contributed by atoms with Crippen molar-refractivity contribution in [3.05, 3.63) is 46.6 Å². The number of hydrogen-bond acceptors (Lipinski definition) is 3.